The Morgan fingerprint density at radius 1 is 1.00 bits per heavy atom. The van der Waals surface area contributed by atoms with Crippen LogP contribution < -0.4 is 0 Å². The molecule has 2 rings (SSSR count). The Hall–Kier alpha value is -1.55. The molecule has 4 heteroatoms. The molecule has 1 aliphatic rings. The largest absolute Gasteiger partial charge is 0.274 e. The van der Waals surface area contributed by atoms with Gasteiger partial charge in [-0.2, -0.15) is 0 Å². The van der Waals surface area contributed by atoms with Gasteiger partial charge in [-0.3, -0.25) is 14.5 Å². The van der Waals surface area contributed by atoms with E-state index in [2.05, 4.69) is 0 Å². The molecule has 0 spiro atoms. The summed E-state index contributed by atoms with van der Waals surface area (Å²) in [5.74, 6) is -0.0485. The van der Waals surface area contributed by atoms with Gasteiger partial charge in [0.15, 0.2) is 0 Å². The Morgan fingerprint density at radius 3 is 2.14 bits per heavy atom. The first-order valence-electron chi connectivity index (χ1n) is 7.24. The van der Waals surface area contributed by atoms with Gasteiger partial charge in [0.2, 0.25) is 0 Å². The molecule has 0 N–H and O–H groups in total. The van der Waals surface area contributed by atoms with E-state index in [9.17, 15) is 9.59 Å². The highest BCUT2D eigenvalue weighted by atomic mass is 32.2. The average molecular weight is 303 g/mol. The fourth-order valence-electron chi connectivity index (χ4n) is 2.29. The van der Waals surface area contributed by atoms with Crippen molar-refractivity contribution in [2.75, 3.05) is 6.54 Å². The summed E-state index contributed by atoms with van der Waals surface area (Å²) in [6.45, 7) is 8.55. The van der Waals surface area contributed by atoms with Crippen molar-refractivity contribution < 1.29 is 9.59 Å². The van der Waals surface area contributed by atoms with Crippen molar-refractivity contribution in [2.24, 2.45) is 5.92 Å². The van der Waals surface area contributed by atoms with Crippen LogP contribution in [-0.4, -0.2) is 28.5 Å². The Morgan fingerprint density at radius 2 is 1.62 bits per heavy atom. The van der Waals surface area contributed by atoms with Gasteiger partial charge in [-0.1, -0.05) is 58.0 Å². The van der Waals surface area contributed by atoms with E-state index in [-0.39, 0.29) is 23.0 Å². The summed E-state index contributed by atoms with van der Waals surface area (Å²) < 4.78 is 0. The summed E-state index contributed by atoms with van der Waals surface area (Å²) in [6.07, 6.45) is 0. The second-order valence-corrected chi connectivity index (χ2v) is 7.44. The van der Waals surface area contributed by atoms with Crippen LogP contribution in [0.2, 0.25) is 0 Å². The predicted molar refractivity (Wildman–Crippen MR) is 87.6 cm³/mol. The normalized spacial score (nSPS) is 15.8. The number of amides is 2. The van der Waals surface area contributed by atoms with Crippen LogP contribution in [0.5, 0.6) is 0 Å². The lowest BCUT2D eigenvalue weighted by Crippen LogP contribution is -2.34. The lowest BCUT2D eigenvalue weighted by atomic mass is 10.1. The summed E-state index contributed by atoms with van der Waals surface area (Å²) in [5, 5.41) is 0.259. The van der Waals surface area contributed by atoms with Crippen LogP contribution in [0.15, 0.2) is 35.2 Å². The number of hydrogen-bond acceptors (Lipinski definition) is 3. The van der Waals surface area contributed by atoms with E-state index in [1.54, 1.807) is 0 Å². The quantitative estimate of drug-likeness (QED) is 0.780. The van der Waals surface area contributed by atoms with Gasteiger partial charge in [0.05, 0.1) is 10.5 Å². The maximum atomic E-state index is 12.7. The third-order valence-corrected chi connectivity index (χ3v) is 4.18. The molecular weight excluding hydrogens is 282 g/mol. The summed E-state index contributed by atoms with van der Waals surface area (Å²) in [6, 6.07) is 9.47. The Kier molecular flexibility index (Phi) is 4.88. The van der Waals surface area contributed by atoms with Gasteiger partial charge in [-0.05, 0) is 11.5 Å². The number of thioether (sulfide) groups is 1. The number of benzene rings is 1. The van der Waals surface area contributed by atoms with Gasteiger partial charge in [0.1, 0.15) is 0 Å². The molecule has 0 aromatic heterocycles. The Balaban J connectivity index is 2.46. The Bertz CT molecular complexity index is 576. The van der Waals surface area contributed by atoms with Gasteiger partial charge < -0.3 is 0 Å². The van der Waals surface area contributed by atoms with Crippen LogP contribution in [0.3, 0.4) is 0 Å². The molecule has 0 bridgehead atoms. The van der Waals surface area contributed by atoms with E-state index in [1.807, 2.05) is 58.0 Å². The molecule has 0 atom stereocenters. The zero-order valence-corrected chi connectivity index (χ0v) is 13.7. The summed E-state index contributed by atoms with van der Waals surface area (Å²) in [5.41, 5.74) is 1.38. The van der Waals surface area contributed by atoms with E-state index in [0.29, 0.717) is 17.0 Å². The average Bonchev–Trinajstić information content (AvgIpc) is 2.63. The number of nitrogens with zero attached hydrogens (tertiary/aromatic N) is 1. The van der Waals surface area contributed by atoms with E-state index in [0.717, 1.165) is 5.56 Å². The number of rotatable bonds is 5. The molecule has 0 radical (unpaired) electrons. The van der Waals surface area contributed by atoms with Crippen LogP contribution in [0.1, 0.15) is 33.3 Å². The van der Waals surface area contributed by atoms with E-state index < -0.39 is 0 Å². The topological polar surface area (TPSA) is 37.4 Å². The third-order valence-electron chi connectivity index (χ3n) is 3.09. The van der Waals surface area contributed by atoms with Gasteiger partial charge in [-0.25, -0.2) is 0 Å². The van der Waals surface area contributed by atoms with Crippen molar-refractivity contribution in [3.63, 3.8) is 0 Å². The van der Waals surface area contributed by atoms with Crippen molar-refractivity contribution in [1.82, 2.24) is 4.90 Å². The highest BCUT2D eigenvalue weighted by Crippen LogP contribution is 2.37. The molecule has 1 aliphatic heterocycles. The maximum Gasteiger partial charge on any atom is 0.268 e. The molecule has 2 amide bonds. The molecule has 112 valence electrons. The summed E-state index contributed by atoms with van der Waals surface area (Å²) in [7, 11) is 0. The van der Waals surface area contributed by atoms with Crippen LogP contribution in [-0.2, 0) is 9.59 Å². The van der Waals surface area contributed by atoms with Gasteiger partial charge in [-0.15, -0.1) is 11.8 Å². The molecule has 1 aromatic carbocycles. The second-order valence-electron chi connectivity index (χ2n) is 5.85. The monoisotopic (exact) mass is 303 g/mol. The first kappa shape index (κ1) is 15.8. The molecular formula is C17H21NO2S. The van der Waals surface area contributed by atoms with E-state index in [1.165, 1.54) is 16.7 Å². The maximum absolute atomic E-state index is 12.7. The number of imide groups is 1. The fourth-order valence-corrected chi connectivity index (χ4v) is 3.29. The predicted octanol–water partition coefficient (Wildman–Crippen LogP) is 3.56. The fraction of sp³-hybridized carbons (Fsp3) is 0.412. The van der Waals surface area contributed by atoms with E-state index in [4.69, 9.17) is 0 Å². The molecule has 1 aromatic rings. The van der Waals surface area contributed by atoms with Gasteiger partial charge in [0, 0.05) is 11.8 Å². The minimum atomic E-state index is -0.164. The minimum Gasteiger partial charge on any atom is -0.274 e. The van der Waals surface area contributed by atoms with Crippen molar-refractivity contribution in [3.8, 4) is 0 Å². The molecule has 0 saturated carbocycles. The second kappa shape index (κ2) is 6.48. The standard InChI is InChI=1S/C17H21NO2S/c1-11(2)10-18-16(19)14(13-8-6-5-7-9-13)15(17(18)20)21-12(3)4/h5-9,11-12H,10H2,1-4H3. The SMILES string of the molecule is CC(C)CN1C(=O)C(SC(C)C)=C(c2ccccc2)C1=O. The number of carbonyl (C=O) groups excluding carboxylic acids is 2. The first-order chi connectivity index (χ1) is 9.91. The van der Waals surface area contributed by atoms with Crippen molar-refractivity contribution >= 4 is 29.1 Å². The van der Waals surface area contributed by atoms with Crippen molar-refractivity contribution in [3.05, 3.63) is 40.8 Å². The zero-order valence-electron chi connectivity index (χ0n) is 12.9. The van der Waals surface area contributed by atoms with Crippen molar-refractivity contribution in [1.29, 1.82) is 0 Å². The lowest BCUT2D eigenvalue weighted by Gasteiger charge is -2.17. The Labute approximate surface area is 130 Å². The van der Waals surface area contributed by atoms with Crippen molar-refractivity contribution in [2.45, 2.75) is 32.9 Å². The molecule has 21 heavy (non-hydrogen) atoms. The third kappa shape index (κ3) is 3.38. The number of hydrogen-bond donors (Lipinski definition) is 0. The van der Waals surface area contributed by atoms with Crippen LogP contribution in [0, 0.1) is 5.92 Å². The molecule has 1 heterocycles. The van der Waals surface area contributed by atoms with E-state index >= 15 is 0 Å². The molecule has 0 aliphatic carbocycles. The summed E-state index contributed by atoms with van der Waals surface area (Å²) >= 11 is 1.48. The zero-order chi connectivity index (χ0) is 15.6. The van der Waals surface area contributed by atoms with Crippen LogP contribution in [0.4, 0.5) is 0 Å². The lowest BCUT2D eigenvalue weighted by molar-refractivity contribution is -0.137. The number of carbonyl (C=O) groups is 2. The van der Waals surface area contributed by atoms with Gasteiger partial charge in [0.25, 0.3) is 11.8 Å². The smallest absolute Gasteiger partial charge is 0.268 e. The van der Waals surface area contributed by atoms with Gasteiger partial charge >= 0.3 is 0 Å². The molecule has 0 unspecified atom stereocenters. The molecule has 3 nitrogen and oxygen atoms in total. The van der Waals surface area contributed by atoms with Crippen LogP contribution >= 0.6 is 11.8 Å². The highest BCUT2D eigenvalue weighted by molar-refractivity contribution is 8.04. The van der Waals surface area contributed by atoms with Crippen LogP contribution in [0.25, 0.3) is 5.57 Å². The highest BCUT2D eigenvalue weighted by Gasteiger charge is 2.39. The minimum absolute atomic E-state index is 0.147. The molecule has 0 fully saturated rings. The summed E-state index contributed by atoms with van der Waals surface area (Å²) in [4.78, 5) is 27.2. The molecule has 0 saturated heterocycles. The first-order valence-corrected chi connectivity index (χ1v) is 8.12.